The molecule has 0 aliphatic heterocycles. The van der Waals surface area contributed by atoms with Crippen LogP contribution >= 0.6 is 23.2 Å². The number of aromatic nitrogens is 2. The van der Waals surface area contributed by atoms with E-state index in [-0.39, 0.29) is 5.54 Å². The van der Waals surface area contributed by atoms with Crippen molar-refractivity contribution in [2.45, 2.75) is 44.6 Å². The van der Waals surface area contributed by atoms with Crippen molar-refractivity contribution in [3.63, 3.8) is 0 Å². The van der Waals surface area contributed by atoms with Crippen LogP contribution in [0.25, 0.3) is 11.0 Å². The van der Waals surface area contributed by atoms with Crippen LogP contribution in [0.5, 0.6) is 0 Å². The van der Waals surface area contributed by atoms with Crippen molar-refractivity contribution in [1.29, 1.82) is 0 Å². The Morgan fingerprint density at radius 3 is 2.74 bits per heavy atom. The third-order valence-corrected chi connectivity index (χ3v) is 4.84. The highest BCUT2D eigenvalue weighted by molar-refractivity contribution is 6.31. The SMILES string of the molecule is CCC1(n2c(CCCl)nc3ccc(Cl)cc32)CCC1. The average molecular weight is 297 g/mol. The van der Waals surface area contributed by atoms with Gasteiger partial charge in [-0.1, -0.05) is 18.5 Å². The fraction of sp³-hybridized carbons (Fsp3) is 0.533. The van der Waals surface area contributed by atoms with Crippen LogP contribution in [0.15, 0.2) is 18.2 Å². The number of hydrogen-bond donors (Lipinski definition) is 0. The molecule has 0 N–H and O–H groups in total. The van der Waals surface area contributed by atoms with E-state index in [9.17, 15) is 0 Å². The summed E-state index contributed by atoms with van der Waals surface area (Å²) in [5, 5.41) is 0.775. The molecule has 1 aromatic carbocycles. The lowest BCUT2D eigenvalue weighted by molar-refractivity contribution is 0.137. The Labute approximate surface area is 123 Å². The third-order valence-electron chi connectivity index (χ3n) is 4.42. The van der Waals surface area contributed by atoms with Crippen LogP contribution in [0.1, 0.15) is 38.4 Å². The lowest BCUT2D eigenvalue weighted by atomic mass is 9.74. The van der Waals surface area contributed by atoms with Crippen LogP contribution in [0.4, 0.5) is 0 Å². The predicted molar refractivity (Wildman–Crippen MR) is 81.3 cm³/mol. The van der Waals surface area contributed by atoms with E-state index < -0.39 is 0 Å². The number of nitrogens with zero attached hydrogens (tertiary/aromatic N) is 2. The van der Waals surface area contributed by atoms with Gasteiger partial charge >= 0.3 is 0 Å². The number of hydrogen-bond acceptors (Lipinski definition) is 1. The number of halogens is 2. The van der Waals surface area contributed by atoms with Crippen LogP contribution < -0.4 is 0 Å². The zero-order chi connectivity index (χ0) is 13.5. The Morgan fingerprint density at radius 1 is 1.37 bits per heavy atom. The molecule has 0 saturated heterocycles. The van der Waals surface area contributed by atoms with Crippen molar-refractivity contribution >= 4 is 34.2 Å². The second kappa shape index (κ2) is 4.99. The van der Waals surface area contributed by atoms with E-state index in [0.717, 1.165) is 34.7 Å². The predicted octanol–water partition coefficient (Wildman–Crippen LogP) is 4.76. The highest BCUT2D eigenvalue weighted by Crippen LogP contribution is 2.45. The number of rotatable bonds is 4. The van der Waals surface area contributed by atoms with Gasteiger partial charge in [-0.25, -0.2) is 4.98 Å². The minimum Gasteiger partial charge on any atom is -0.322 e. The molecule has 102 valence electrons. The lowest BCUT2D eigenvalue weighted by Gasteiger charge is -2.44. The fourth-order valence-electron chi connectivity index (χ4n) is 3.20. The molecule has 0 bridgehead atoms. The van der Waals surface area contributed by atoms with Crippen LogP contribution in [-0.2, 0) is 12.0 Å². The molecule has 1 aromatic heterocycles. The Balaban J connectivity index is 2.23. The molecule has 1 fully saturated rings. The summed E-state index contributed by atoms with van der Waals surface area (Å²) in [5.41, 5.74) is 2.43. The summed E-state index contributed by atoms with van der Waals surface area (Å²) in [5.74, 6) is 1.71. The number of fused-ring (bicyclic) bond motifs is 1. The number of imidazole rings is 1. The molecular formula is C15H18Cl2N2. The van der Waals surface area contributed by atoms with Gasteiger partial charge in [0.25, 0.3) is 0 Å². The summed E-state index contributed by atoms with van der Waals surface area (Å²) < 4.78 is 2.42. The Hall–Kier alpha value is -0.730. The molecule has 1 heterocycles. The maximum Gasteiger partial charge on any atom is 0.111 e. The van der Waals surface area contributed by atoms with Crippen LogP contribution in [-0.4, -0.2) is 15.4 Å². The van der Waals surface area contributed by atoms with Crippen molar-refractivity contribution in [1.82, 2.24) is 9.55 Å². The highest BCUT2D eigenvalue weighted by atomic mass is 35.5. The second-order valence-corrected chi connectivity index (χ2v) is 6.18. The zero-order valence-electron chi connectivity index (χ0n) is 11.1. The molecule has 2 nitrogen and oxygen atoms in total. The first kappa shape index (κ1) is 13.3. The number of alkyl halides is 1. The molecule has 0 amide bonds. The normalized spacial score (nSPS) is 17.6. The van der Waals surface area contributed by atoms with Gasteiger partial charge in [0.15, 0.2) is 0 Å². The molecule has 0 radical (unpaired) electrons. The smallest absolute Gasteiger partial charge is 0.111 e. The quantitative estimate of drug-likeness (QED) is 0.744. The van der Waals surface area contributed by atoms with Gasteiger partial charge in [0.2, 0.25) is 0 Å². The highest BCUT2D eigenvalue weighted by Gasteiger charge is 2.39. The zero-order valence-corrected chi connectivity index (χ0v) is 12.6. The van der Waals surface area contributed by atoms with Crippen molar-refractivity contribution in [2.75, 3.05) is 5.88 Å². The van der Waals surface area contributed by atoms with Crippen LogP contribution in [0.2, 0.25) is 5.02 Å². The lowest BCUT2D eigenvalue weighted by Crippen LogP contribution is -2.41. The summed E-state index contributed by atoms with van der Waals surface area (Å²) >= 11 is 12.1. The summed E-state index contributed by atoms with van der Waals surface area (Å²) in [4.78, 5) is 4.76. The first-order valence-corrected chi connectivity index (χ1v) is 7.85. The molecule has 3 rings (SSSR count). The molecule has 4 heteroatoms. The van der Waals surface area contributed by atoms with Gasteiger partial charge in [0.05, 0.1) is 11.0 Å². The molecular weight excluding hydrogens is 279 g/mol. The molecule has 1 aliphatic rings. The Kier molecular flexibility index (Phi) is 3.48. The van der Waals surface area contributed by atoms with E-state index in [2.05, 4.69) is 11.5 Å². The summed E-state index contributed by atoms with van der Waals surface area (Å²) in [6, 6.07) is 5.95. The van der Waals surface area contributed by atoms with Crippen molar-refractivity contribution in [3.8, 4) is 0 Å². The van der Waals surface area contributed by atoms with Gasteiger partial charge in [0, 0.05) is 22.9 Å². The first-order valence-electron chi connectivity index (χ1n) is 6.93. The minimum absolute atomic E-state index is 0.237. The molecule has 19 heavy (non-hydrogen) atoms. The van der Waals surface area contributed by atoms with Crippen LogP contribution in [0.3, 0.4) is 0 Å². The standard InChI is InChI=1S/C15H18Cl2N2/c1-2-15(7-3-8-15)19-13-10-11(17)4-5-12(13)18-14(19)6-9-16/h4-5,10H,2-3,6-9H2,1H3. The van der Waals surface area contributed by atoms with Crippen molar-refractivity contribution in [3.05, 3.63) is 29.0 Å². The summed E-state index contributed by atoms with van der Waals surface area (Å²) in [6.07, 6.45) is 5.72. The maximum atomic E-state index is 6.16. The van der Waals surface area contributed by atoms with E-state index in [1.807, 2.05) is 18.2 Å². The molecule has 0 atom stereocenters. The largest absolute Gasteiger partial charge is 0.322 e. The van der Waals surface area contributed by atoms with Gasteiger partial charge in [-0.3, -0.25) is 0 Å². The van der Waals surface area contributed by atoms with E-state index in [1.165, 1.54) is 19.3 Å². The maximum absolute atomic E-state index is 6.16. The summed E-state index contributed by atoms with van der Waals surface area (Å²) in [6.45, 7) is 2.26. The Bertz CT molecular complexity index is 594. The molecule has 2 aromatic rings. The van der Waals surface area contributed by atoms with Gasteiger partial charge in [0.1, 0.15) is 5.82 Å². The third kappa shape index (κ3) is 2.05. The van der Waals surface area contributed by atoms with Crippen molar-refractivity contribution in [2.24, 2.45) is 0 Å². The summed E-state index contributed by atoms with van der Waals surface area (Å²) in [7, 11) is 0. The molecule has 1 aliphatic carbocycles. The minimum atomic E-state index is 0.237. The molecule has 0 spiro atoms. The number of benzene rings is 1. The molecule has 1 saturated carbocycles. The van der Waals surface area contributed by atoms with Gasteiger partial charge in [-0.2, -0.15) is 0 Å². The molecule has 0 unspecified atom stereocenters. The van der Waals surface area contributed by atoms with Gasteiger partial charge < -0.3 is 4.57 Å². The van der Waals surface area contributed by atoms with Crippen molar-refractivity contribution < 1.29 is 0 Å². The average Bonchev–Trinajstić information content (AvgIpc) is 2.68. The first-order chi connectivity index (χ1) is 9.20. The van der Waals surface area contributed by atoms with E-state index in [1.54, 1.807) is 0 Å². The van der Waals surface area contributed by atoms with Crippen LogP contribution in [0, 0.1) is 0 Å². The van der Waals surface area contributed by atoms with Gasteiger partial charge in [-0.05, 0) is 43.9 Å². The van der Waals surface area contributed by atoms with Gasteiger partial charge in [-0.15, -0.1) is 11.6 Å². The number of aryl methyl sites for hydroxylation is 1. The van der Waals surface area contributed by atoms with E-state index in [0.29, 0.717) is 5.88 Å². The van der Waals surface area contributed by atoms with E-state index in [4.69, 9.17) is 28.2 Å². The second-order valence-electron chi connectivity index (χ2n) is 5.37. The monoisotopic (exact) mass is 296 g/mol. The topological polar surface area (TPSA) is 17.8 Å². The van der Waals surface area contributed by atoms with E-state index >= 15 is 0 Å². The Morgan fingerprint density at radius 2 is 2.16 bits per heavy atom. The fourth-order valence-corrected chi connectivity index (χ4v) is 3.54.